The van der Waals surface area contributed by atoms with Crippen molar-refractivity contribution < 1.29 is 19.4 Å². The van der Waals surface area contributed by atoms with Gasteiger partial charge in [-0.3, -0.25) is 14.5 Å². The number of rotatable bonds is 8. The van der Waals surface area contributed by atoms with E-state index in [1.54, 1.807) is 30.3 Å². The maximum atomic E-state index is 13.4. The van der Waals surface area contributed by atoms with E-state index < -0.39 is 17.7 Å². The predicted molar refractivity (Wildman–Crippen MR) is 129 cm³/mol. The number of aliphatic hydroxyl groups is 1. The van der Waals surface area contributed by atoms with Crippen LogP contribution in [0.2, 0.25) is 5.02 Å². The van der Waals surface area contributed by atoms with E-state index >= 15 is 0 Å². The van der Waals surface area contributed by atoms with Gasteiger partial charge < -0.3 is 9.84 Å². The summed E-state index contributed by atoms with van der Waals surface area (Å²) in [5, 5.41) is 11.4. The number of aliphatic hydroxyl groups excluding tert-OH is 1. The van der Waals surface area contributed by atoms with E-state index in [1.807, 2.05) is 55.5 Å². The fourth-order valence-corrected chi connectivity index (χ4v) is 4.18. The van der Waals surface area contributed by atoms with E-state index in [2.05, 4.69) is 0 Å². The Bertz CT molecular complexity index is 1190. The van der Waals surface area contributed by atoms with Gasteiger partial charge >= 0.3 is 0 Å². The highest BCUT2D eigenvalue weighted by molar-refractivity contribution is 6.30. The van der Waals surface area contributed by atoms with Crippen molar-refractivity contribution >= 4 is 29.0 Å². The summed E-state index contributed by atoms with van der Waals surface area (Å²) in [6.07, 6.45) is 0.685. The summed E-state index contributed by atoms with van der Waals surface area (Å²) < 4.78 is 5.63. The first-order chi connectivity index (χ1) is 16.0. The zero-order valence-electron chi connectivity index (χ0n) is 18.2. The summed E-state index contributed by atoms with van der Waals surface area (Å²) in [5.74, 6) is -0.781. The van der Waals surface area contributed by atoms with E-state index in [9.17, 15) is 14.7 Å². The Kier molecular flexibility index (Phi) is 6.80. The van der Waals surface area contributed by atoms with Crippen LogP contribution >= 0.6 is 11.6 Å². The zero-order chi connectivity index (χ0) is 23.4. The van der Waals surface area contributed by atoms with Gasteiger partial charge in [0.25, 0.3) is 5.91 Å². The van der Waals surface area contributed by atoms with Crippen molar-refractivity contribution in [1.29, 1.82) is 0 Å². The van der Waals surface area contributed by atoms with Crippen LogP contribution in [0.15, 0.2) is 90.2 Å². The molecule has 5 nitrogen and oxygen atoms in total. The number of anilines is 1. The lowest BCUT2D eigenvalue weighted by molar-refractivity contribution is -0.118. The van der Waals surface area contributed by atoms with Gasteiger partial charge in [-0.25, -0.2) is 0 Å². The van der Waals surface area contributed by atoms with E-state index in [-0.39, 0.29) is 17.8 Å². The molecule has 3 aromatic rings. The van der Waals surface area contributed by atoms with Gasteiger partial charge in [0, 0.05) is 17.1 Å². The molecule has 0 saturated heterocycles. The molecule has 33 heavy (non-hydrogen) atoms. The van der Waals surface area contributed by atoms with Gasteiger partial charge in [0.1, 0.15) is 5.75 Å². The van der Waals surface area contributed by atoms with Gasteiger partial charge in [0.15, 0.2) is 11.5 Å². The van der Waals surface area contributed by atoms with E-state index in [1.165, 1.54) is 4.90 Å². The maximum Gasteiger partial charge on any atom is 0.294 e. The fourth-order valence-electron chi connectivity index (χ4n) is 4.05. The van der Waals surface area contributed by atoms with E-state index in [0.29, 0.717) is 35.1 Å². The summed E-state index contributed by atoms with van der Waals surface area (Å²) in [7, 11) is 0. The molecule has 0 fully saturated rings. The van der Waals surface area contributed by atoms with Crippen molar-refractivity contribution in [2.75, 3.05) is 11.5 Å². The third-order valence-corrected chi connectivity index (χ3v) is 5.83. The molecule has 1 heterocycles. The van der Waals surface area contributed by atoms with Crippen LogP contribution in [0.4, 0.5) is 5.69 Å². The molecule has 0 radical (unpaired) electrons. The van der Waals surface area contributed by atoms with Crippen LogP contribution < -0.4 is 9.64 Å². The highest BCUT2D eigenvalue weighted by Gasteiger charge is 2.44. The summed E-state index contributed by atoms with van der Waals surface area (Å²) in [5.41, 5.74) is 2.32. The molecular weight excluding hydrogens is 438 g/mol. The van der Waals surface area contributed by atoms with Crippen LogP contribution in [0.5, 0.6) is 5.75 Å². The average molecular weight is 462 g/mol. The minimum absolute atomic E-state index is 0.0968. The second kappa shape index (κ2) is 9.92. The SMILES string of the molecule is CCOc1cccc(C2C(C(=O)CCc3ccccc3)=C(O)C(=O)N2c2ccc(Cl)cc2)c1. The molecule has 0 saturated carbocycles. The molecule has 1 aliphatic rings. The predicted octanol–water partition coefficient (Wildman–Crippen LogP) is 5.84. The topological polar surface area (TPSA) is 66.8 Å². The first kappa shape index (κ1) is 22.6. The molecule has 0 spiro atoms. The second-order valence-electron chi connectivity index (χ2n) is 7.73. The molecule has 4 rings (SSSR count). The van der Waals surface area contributed by atoms with Crippen LogP contribution in [0.3, 0.4) is 0 Å². The minimum atomic E-state index is -0.776. The summed E-state index contributed by atoms with van der Waals surface area (Å²) in [4.78, 5) is 28.0. The monoisotopic (exact) mass is 461 g/mol. The average Bonchev–Trinajstić information content (AvgIpc) is 3.10. The number of hydrogen-bond acceptors (Lipinski definition) is 4. The van der Waals surface area contributed by atoms with Crippen LogP contribution in [-0.4, -0.2) is 23.4 Å². The van der Waals surface area contributed by atoms with Gasteiger partial charge in [-0.2, -0.15) is 0 Å². The molecule has 3 aromatic carbocycles. The molecule has 1 N–H and O–H groups in total. The second-order valence-corrected chi connectivity index (χ2v) is 8.17. The van der Waals surface area contributed by atoms with Crippen LogP contribution in [-0.2, 0) is 16.0 Å². The van der Waals surface area contributed by atoms with Gasteiger partial charge in [0.2, 0.25) is 0 Å². The largest absolute Gasteiger partial charge is 0.503 e. The number of benzene rings is 3. The van der Waals surface area contributed by atoms with Crippen molar-refractivity contribution in [2.24, 2.45) is 0 Å². The van der Waals surface area contributed by atoms with Crippen molar-refractivity contribution in [2.45, 2.75) is 25.8 Å². The maximum absolute atomic E-state index is 13.4. The molecule has 1 aliphatic heterocycles. The zero-order valence-corrected chi connectivity index (χ0v) is 19.0. The van der Waals surface area contributed by atoms with Crippen molar-refractivity contribution in [1.82, 2.24) is 0 Å². The van der Waals surface area contributed by atoms with Crippen molar-refractivity contribution in [3.63, 3.8) is 0 Å². The Labute approximate surface area is 197 Å². The number of hydrogen-bond donors (Lipinski definition) is 1. The number of halogens is 1. The summed E-state index contributed by atoms with van der Waals surface area (Å²) >= 11 is 6.04. The normalized spacial score (nSPS) is 15.8. The fraction of sp³-hybridized carbons (Fsp3) is 0.185. The molecular formula is C27H24ClNO4. The lowest BCUT2D eigenvalue weighted by Crippen LogP contribution is -2.31. The smallest absolute Gasteiger partial charge is 0.294 e. The van der Waals surface area contributed by atoms with Crippen LogP contribution in [0.1, 0.15) is 30.5 Å². The first-order valence-corrected chi connectivity index (χ1v) is 11.2. The van der Waals surface area contributed by atoms with Crippen molar-refractivity contribution in [3.8, 4) is 5.75 Å². The molecule has 1 unspecified atom stereocenters. The number of ketones is 1. The summed E-state index contributed by atoms with van der Waals surface area (Å²) in [6.45, 7) is 2.37. The van der Waals surface area contributed by atoms with Gasteiger partial charge in [-0.15, -0.1) is 0 Å². The lowest BCUT2D eigenvalue weighted by Gasteiger charge is -2.27. The van der Waals surface area contributed by atoms with Gasteiger partial charge in [0.05, 0.1) is 18.2 Å². The first-order valence-electron chi connectivity index (χ1n) is 10.8. The Morgan fingerprint density at radius 2 is 1.76 bits per heavy atom. The molecule has 0 aromatic heterocycles. The number of carbonyl (C=O) groups excluding carboxylic acids is 2. The molecule has 1 amide bonds. The molecule has 0 aliphatic carbocycles. The Balaban J connectivity index is 1.73. The van der Waals surface area contributed by atoms with Crippen LogP contribution in [0.25, 0.3) is 0 Å². The third-order valence-electron chi connectivity index (χ3n) is 5.58. The molecule has 1 atom stereocenters. The third kappa shape index (κ3) is 4.78. The highest BCUT2D eigenvalue weighted by Crippen LogP contribution is 2.42. The van der Waals surface area contributed by atoms with E-state index in [0.717, 1.165) is 5.56 Å². The van der Waals surface area contributed by atoms with Gasteiger partial charge in [-0.1, -0.05) is 54.1 Å². The van der Waals surface area contributed by atoms with Crippen LogP contribution in [0, 0.1) is 0 Å². The van der Waals surface area contributed by atoms with E-state index in [4.69, 9.17) is 16.3 Å². The quantitative estimate of drug-likeness (QED) is 0.457. The minimum Gasteiger partial charge on any atom is -0.503 e. The van der Waals surface area contributed by atoms with Crippen molar-refractivity contribution in [3.05, 3.63) is 106 Å². The molecule has 6 heteroatoms. The Hall–Kier alpha value is -3.57. The lowest BCUT2D eigenvalue weighted by atomic mass is 9.93. The number of ether oxygens (including phenoxy) is 1. The highest BCUT2D eigenvalue weighted by atomic mass is 35.5. The number of carbonyl (C=O) groups is 2. The number of amides is 1. The summed E-state index contributed by atoms with van der Waals surface area (Å²) in [6, 6.07) is 22.9. The standard InChI is InChI=1S/C27H24ClNO4/c1-2-33-22-10-6-9-19(17-22)25-24(23(30)16-11-18-7-4-3-5-8-18)26(31)27(32)29(25)21-14-12-20(28)13-15-21/h3-10,12-15,17,25,31H,2,11,16H2,1H3. The number of Topliss-reactive ketones (excluding diaryl/α,β-unsaturated/α-hetero) is 1. The Morgan fingerprint density at radius 1 is 1.03 bits per heavy atom. The molecule has 0 bridgehead atoms. The Morgan fingerprint density at radius 3 is 2.45 bits per heavy atom. The molecule has 168 valence electrons. The number of aryl methyl sites for hydroxylation is 1. The number of nitrogens with zero attached hydrogens (tertiary/aromatic N) is 1. The van der Waals surface area contributed by atoms with Gasteiger partial charge in [-0.05, 0) is 60.9 Å².